The minimum atomic E-state index is 0.223. The molecule has 1 aromatic heterocycles. The predicted molar refractivity (Wildman–Crippen MR) is 98.3 cm³/mol. The number of rotatable bonds is 3. The van der Waals surface area contributed by atoms with Crippen molar-refractivity contribution in [2.24, 2.45) is 10.7 Å². The molecule has 2 aromatic carbocycles. The lowest BCUT2D eigenvalue weighted by Crippen LogP contribution is -2.20. The van der Waals surface area contributed by atoms with Crippen LogP contribution in [0.3, 0.4) is 0 Å². The second-order valence-corrected chi connectivity index (χ2v) is 5.80. The van der Waals surface area contributed by atoms with Crippen molar-refractivity contribution in [3.05, 3.63) is 64.7 Å². The van der Waals surface area contributed by atoms with Crippen LogP contribution in [0.4, 0.5) is 11.4 Å². The van der Waals surface area contributed by atoms with Gasteiger partial charge in [-0.05, 0) is 48.5 Å². The molecule has 0 unspecified atom stereocenters. The minimum Gasteiger partial charge on any atom is -0.438 e. The van der Waals surface area contributed by atoms with Gasteiger partial charge in [0.15, 0.2) is 0 Å². The number of halogens is 1. The molecule has 0 fully saturated rings. The summed E-state index contributed by atoms with van der Waals surface area (Å²) < 4.78 is 5.86. The molecule has 0 aliphatic rings. The van der Waals surface area contributed by atoms with Crippen molar-refractivity contribution in [3.63, 3.8) is 0 Å². The average Bonchev–Trinajstić information content (AvgIpc) is 2.55. The number of nitrogens with zero attached hydrogens (tertiary/aromatic N) is 1. The molecule has 4 nitrogen and oxygen atoms in total. The van der Waals surface area contributed by atoms with E-state index >= 15 is 0 Å². The molecule has 23 heavy (non-hydrogen) atoms. The number of benzene rings is 2. The van der Waals surface area contributed by atoms with Crippen LogP contribution >= 0.6 is 23.8 Å². The fourth-order valence-electron chi connectivity index (χ4n) is 2.18. The van der Waals surface area contributed by atoms with Crippen molar-refractivity contribution in [1.29, 1.82) is 0 Å². The Labute approximate surface area is 143 Å². The van der Waals surface area contributed by atoms with E-state index in [1.165, 1.54) is 0 Å². The van der Waals surface area contributed by atoms with E-state index < -0.39 is 0 Å². The second kappa shape index (κ2) is 6.40. The molecule has 6 heteroatoms. The van der Waals surface area contributed by atoms with Crippen LogP contribution in [0.1, 0.15) is 5.56 Å². The molecule has 0 aliphatic heterocycles. The van der Waals surface area contributed by atoms with Gasteiger partial charge in [0.2, 0.25) is 5.55 Å². The van der Waals surface area contributed by atoms with Crippen molar-refractivity contribution < 1.29 is 4.42 Å². The van der Waals surface area contributed by atoms with Gasteiger partial charge in [-0.2, -0.15) is 0 Å². The van der Waals surface area contributed by atoms with Crippen LogP contribution in [0.25, 0.3) is 11.0 Å². The smallest absolute Gasteiger partial charge is 0.230 e. The zero-order valence-corrected chi connectivity index (χ0v) is 13.9. The fourth-order valence-corrected chi connectivity index (χ4v) is 2.51. The first kappa shape index (κ1) is 15.5. The third kappa shape index (κ3) is 3.36. The van der Waals surface area contributed by atoms with Crippen LogP contribution in [0.2, 0.25) is 5.02 Å². The van der Waals surface area contributed by atoms with E-state index in [1.54, 1.807) is 18.2 Å². The van der Waals surface area contributed by atoms with Gasteiger partial charge < -0.3 is 15.5 Å². The molecule has 0 saturated carbocycles. The Morgan fingerprint density at radius 1 is 1.17 bits per heavy atom. The molecule has 0 saturated heterocycles. The van der Waals surface area contributed by atoms with Gasteiger partial charge in [0.05, 0.1) is 11.3 Å². The summed E-state index contributed by atoms with van der Waals surface area (Å²) in [4.78, 5) is 4.74. The minimum absolute atomic E-state index is 0.223. The summed E-state index contributed by atoms with van der Waals surface area (Å²) in [5.74, 6) is 0. The fraction of sp³-hybridized carbons (Fsp3) is 0.0588. The molecule has 3 N–H and O–H groups in total. The number of nitrogens with two attached hydrogens (primary N) is 1. The predicted octanol–water partition coefficient (Wildman–Crippen LogP) is 3.99. The van der Waals surface area contributed by atoms with E-state index in [-0.39, 0.29) is 4.99 Å². The zero-order valence-electron chi connectivity index (χ0n) is 12.3. The third-order valence-electron chi connectivity index (χ3n) is 3.36. The number of anilines is 1. The molecule has 1 heterocycles. The van der Waals surface area contributed by atoms with Crippen molar-refractivity contribution in [2.75, 3.05) is 12.4 Å². The monoisotopic (exact) mass is 343 g/mol. The van der Waals surface area contributed by atoms with Crippen LogP contribution in [-0.2, 0) is 0 Å². The topological polar surface area (TPSA) is 63.5 Å². The van der Waals surface area contributed by atoms with E-state index in [0.29, 0.717) is 21.7 Å². The van der Waals surface area contributed by atoms with Crippen molar-refractivity contribution in [2.45, 2.75) is 0 Å². The molecular formula is C17H14ClN3OS. The van der Waals surface area contributed by atoms with E-state index in [9.17, 15) is 0 Å². The highest BCUT2D eigenvalue weighted by molar-refractivity contribution is 7.80. The van der Waals surface area contributed by atoms with Gasteiger partial charge in [-0.15, -0.1) is 0 Å². The Morgan fingerprint density at radius 2 is 1.91 bits per heavy atom. The highest BCUT2D eigenvalue weighted by Gasteiger charge is 2.07. The number of thiocarbonyl (C=S) groups is 1. The van der Waals surface area contributed by atoms with Crippen LogP contribution in [0.5, 0.6) is 0 Å². The molecule has 116 valence electrons. The van der Waals surface area contributed by atoms with Crippen LogP contribution < -0.4 is 16.6 Å². The molecule has 3 aromatic rings. The lowest BCUT2D eigenvalue weighted by molar-refractivity contribution is 0.543. The summed E-state index contributed by atoms with van der Waals surface area (Å²) in [5, 5.41) is 4.50. The SMILES string of the molecule is CNc1ccc(N=c2oc3ccc(Cl)cc3cc2C(N)=S)cc1. The summed E-state index contributed by atoms with van der Waals surface area (Å²) in [7, 11) is 1.86. The first-order valence-electron chi connectivity index (χ1n) is 6.92. The summed E-state index contributed by atoms with van der Waals surface area (Å²) in [6.07, 6.45) is 0. The lowest BCUT2D eigenvalue weighted by Gasteiger charge is -2.04. The van der Waals surface area contributed by atoms with Crippen LogP contribution in [-0.4, -0.2) is 12.0 Å². The number of hydrogen-bond donors (Lipinski definition) is 2. The average molecular weight is 344 g/mol. The maximum Gasteiger partial charge on any atom is 0.230 e. The molecule has 0 amide bonds. The molecule has 0 aliphatic carbocycles. The summed E-state index contributed by atoms with van der Waals surface area (Å²) in [6, 6.07) is 14.8. The van der Waals surface area contributed by atoms with Gasteiger partial charge in [-0.1, -0.05) is 23.8 Å². The standard InChI is InChI=1S/C17H14ClN3OS/c1-20-12-3-5-13(6-4-12)21-17-14(16(19)23)9-10-8-11(18)2-7-15(10)22-17/h2-9,20H,1H3,(H2,19,23). The molecule has 0 radical (unpaired) electrons. The van der Waals surface area contributed by atoms with E-state index in [2.05, 4.69) is 10.3 Å². The third-order valence-corrected chi connectivity index (χ3v) is 3.82. The number of hydrogen-bond acceptors (Lipinski definition) is 4. The van der Waals surface area contributed by atoms with E-state index in [1.807, 2.05) is 37.4 Å². The summed E-state index contributed by atoms with van der Waals surface area (Å²) in [6.45, 7) is 0. The van der Waals surface area contributed by atoms with Gasteiger partial charge >= 0.3 is 0 Å². The highest BCUT2D eigenvalue weighted by Crippen LogP contribution is 2.20. The summed E-state index contributed by atoms with van der Waals surface area (Å²) >= 11 is 11.1. The first-order valence-corrected chi connectivity index (χ1v) is 7.71. The quantitative estimate of drug-likeness (QED) is 0.706. The van der Waals surface area contributed by atoms with Gasteiger partial charge in [-0.3, -0.25) is 0 Å². The molecule has 3 rings (SSSR count). The van der Waals surface area contributed by atoms with Crippen molar-refractivity contribution >= 4 is 51.2 Å². The van der Waals surface area contributed by atoms with Gasteiger partial charge in [0.25, 0.3) is 0 Å². The highest BCUT2D eigenvalue weighted by atomic mass is 35.5. The summed E-state index contributed by atoms with van der Waals surface area (Å²) in [5.41, 5.74) is 9.19. The van der Waals surface area contributed by atoms with Gasteiger partial charge in [0, 0.05) is 23.1 Å². The Hall–Kier alpha value is -2.37. The molecule has 0 atom stereocenters. The molecular weight excluding hydrogens is 330 g/mol. The number of fused-ring (bicyclic) bond motifs is 1. The van der Waals surface area contributed by atoms with E-state index in [0.717, 1.165) is 16.8 Å². The van der Waals surface area contributed by atoms with Crippen LogP contribution in [0, 0.1) is 0 Å². The molecule has 0 spiro atoms. The van der Waals surface area contributed by atoms with Gasteiger partial charge in [0.1, 0.15) is 10.6 Å². The van der Waals surface area contributed by atoms with Crippen molar-refractivity contribution in [1.82, 2.24) is 0 Å². The van der Waals surface area contributed by atoms with Crippen LogP contribution in [0.15, 0.2) is 57.9 Å². The van der Waals surface area contributed by atoms with E-state index in [4.69, 9.17) is 34.0 Å². The lowest BCUT2D eigenvalue weighted by atomic mass is 10.2. The van der Waals surface area contributed by atoms with Gasteiger partial charge in [-0.25, -0.2) is 4.99 Å². The Kier molecular flexibility index (Phi) is 4.32. The maximum atomic E-state index is 6.01. The zero-order chi connectivity index (χ0) is 16.4. The molecule has 0 bridgehead atoms. The Morgan fingerprint density at radius 3 is 2.57 bits per heavy atom. The maximum absolute atomic E-state index is 6.01. The normalized spacial score (nSPS) is 11.7. The van der Waals surface area contributed by atoms with Crippen molar-refractivity contribution in [3.8, 4) is 0 Å². The largest absolute Gasteiger partial charge is 0.438 e. The number of nitrogens with one attached hydrogen (secondary N) is 1. The second-order valence-electron chi connectivity index (χ2n) is 4.92. The Balaban J connectivity index is 2.21. The first-order chi connectivity index (χ1) is 11.1. The Bertz CT molecular complexity index is 948.